The molecule has 178 valence electrons. The Balaban J connectivity index is 1.90. The Morgan fingerprint density at radius 1 is 1.03 bits per heavy atom. The van der Waals surface area contributed by atoms with E-state index in [9.17, 15) is 14.4 Å². The van der Waals surface area contributed by atoms with Crippen molar-refractivity contribution in [3.63, 3.8) is 0 Å². The second-order valence-electron chi connectivity index (χ2n) is 10.4. The van der Waals surface area contributed by atoms with Crippen LogP contribution in [0.15, 0.2) is 0 Å². The highest BCUT2D eigenvalue weighted by molar-refractivity contribution is 5.80. The second-order valence-corrected chi connectivity index (χ2v) is 10.4. The quantitative estimate of drug-likeness (QED) is 0.632. The third-order valence-corrected chi connectivity index (χ3v) is 6.20. The van der Waals surface area contributed by atoms with Gasteiger partial charge in [0, 0.05) is 51.1 Å². The average Bonchev–Trinajstić information content (AvgIpc) is 2.70. The van der Waals surface area contributed by atoms with Gasteiger partial charge in [-0.2, -0.15) is 0 Å². The summed E-state index contributed by atoms with van der Waals surface area (Å²) >= 11 is 0. The number of carbonyl (C=O) groups is 3. The molecule has 1 unspecified atom stereocenters. The van der Waals surface area contributed by atoms with E-state index in [1.165, 1.54) is 0 Å². The standard InChI is InChI=1S/C24H43N3O4/c1-7-9-21(28)25-14-11-20(12-15-25)22(29)26-13-8-10-19(16-26)17-27(18(2)3)23(30)31-24(4,5)6/h18-20H,7-17H2,1-6H3. The first-order valence-electron chi connectivity index (χ1n) is 12.1. The van der Waals surface area contributed by atoms with E-state index in [0.717, 1.165) is 38.6 Å². The summed E-state index contributed by atoms with van der Waals surface area (Å²) in [5.74, 6) is 0.707. The van der Waals surface area contributed by atoms with Crippen LogP contribution < -0.4 is 0 Å². The molecule has 0 aromatic heterocycles. The van der Waals surface area contributed by atoms with Gasteiger partial charge in [0.05, 0.1) is 0 Å². The predicted octanol–water partition coefficient (Wildman–Crippen LogP) is 3.91. The normalized spacial score (nSPS) is 20.7. The van der Waals surface area contributed by atoms with Crippen LogP contribution >= 0.6 is 0 Å². The Hall–Kier alpha value is -1.79. The summed E-state index contributed by atoms with van der Waals surface area (Å²) in [6.45, 7) is 15.1. The third-order valence-electron chi connectivity index (χ3n) is 6.20. The van der Waals surface area contributed by atoms with Crippen LogP contribution in [0.5, 0.6) is 0 Å². The lowest BCUT2D eigenvalue weighted by atomic mass is 9.91. The molecule has 2 heterocycles. The molecule has 3 amide bonds. The summed E-state index contributed by atoms with van der Waals surface area (Å²) in [6, 6.07) is 0.0471. The number of carbonyl (C=O) groups excluding carboxylic acids is 3. The van der Waals surface area contributed by atoms with Crippen molar-refractivity contribution >= 4 is 17.9 Å². The lowest BCUT2D eigenvalue weighted by Gasteiger charge is -2.40. The highest BCUT2D eigenvalue weighted by Gasteiger charge is 2.34. The van der Waals surface area contributed by atoms with Crippen LogP contribution in [0, 0.1) is 11.8 Å². The minimum Gasteiger partial charge on any atom is -0.444 e. The molecule has 2 aliphatic rings. The highest BCUT2D eigenvalue weighted by atomic mass is 16.6. The topological polar surface area (TPSA) is 70.2 Å². The van der Waals surface area contributed by atoms with Gasteiger partial charge in [-0.3, -0.25) is 9.59 Å². The van der Waals surface area contributed by atoms with Crippen LogP contribution in [-0.2, 0) is 14.3 Å². The van der Waals surface area contributed by atoms with E-state index in [1.807, 2.05) is 51.3 Å². The van der Waals surface area contributed by atoms with Crippen LogP contribution in [-0.4, -0.2) is 77.0 Å². The van der Waals surface area contributed by atoms with E-state index < -0.39 is 5.60 Å². The molecule has 0 aromatic carbocycles. The Morgan fingerprint density at radius 3 is 2.23 bits per heavy atom. The summed E-state index contributed by atoms with van der Waals surface area (Å²) in [7, 11) is 0. The van der Waals surface area contributed by atoms with Gasteiger partial charge in [-0.25, -0.2) is 4.79 Å². The van der Waals surface area contributed by atoms with Crippen molar-refractivity contribution in [1.82, 2.24) is 14.7 Å². The van der Waals surface area contributed by atoms with Crippen molar-refractivity contribution in [1.29, 1.82) is 0 Å². The van der Waals surface area contributed by atoms with Crippen LogP contribution in [0.3, 0.4) is 0 Å². The Kier molecular flexibility index (Phi) is 9.19. The fraction of sp³-hybridized carbons (Fsp3) is 0.875. The maximum atomic E-state index is 13.2. The van der Waals surface area contributed by atoms with Crippen LogP contribution in [0.2, 0.25) is 0 Å². The van der Waals surface area contributed by atoms with Gasteiger partial charge in [0.15, 0.2) is 0 Å². The van der Waals surface area contributed by atoms with Crippen molar-refractivity contribution in [2.75, 3.05) is 32.7 Å². The Morgan fingerprint density at radius 2 is 1.68 bits per heavy atom. The molecule has 0 saturated carbocycles. The maximum absolute atomic E-state index is 13.2. The first-order chi connectivity index (χ1) is 14.5. The summed E-state index contributed by atoms with van der Waals surface area (Å²) < 4.78 is 5.59. The molecule has 7 heteroatoms. The van der Waals surface area contributed by atoms with E-state index in [0.29, 0.717) is 32.6 Å². The molecule has 0 radical (unpaired) electrons. The Labute approximate surface area is 188 Å². The first-order valence-corrected chi connectivity index (χ1v) is 12.1. The molecule has 0 bridgehead atoms. The van der Waals surface area contributed by atoms with Crippen molar-refractivity contribution < 1.29 is 19.1 Å². The number of likely N-dealkylation sites (tertiary alicyclic amines) is 2. The highest BCUT2D eigenvalue weighted by Crippen LogP contribution is 2.25. The van der Waals surface area contributed by atoms with Crippen molar-refractivity contribution in [2.24, 2.45) is 11.8 Å². The molecule has 2 saturated heterocycles. The summed E-state index contributed by atoms with van der Waals surface area (Å²) in [4.78, 5) is 43.6. The van der Waals surface area contributed by atoms with Gasteiger partial charge in [-0.05, 0) is 72.6 Å². The van der Waals surface area contributed by atoms with Crippen LogP contribution in [0.1, 0.15) is 80.1 Å². The van der Waals surface area contributed by atoms with Gasteiger partial charge in [0.25, 0.3) is 0 Å². The minimum absolute atomic E-state index is 0.0106. The monoisotopic (exact) mass is 437 g/mol. The fourth-order valence-corrected chi connectivity index (χ4v) is 4.52. The molecule has 0 aliphatic carbocycles. The van der Waals surface area contributed by atoms with Crippen molar-refractivity contribution in [3.8, 4) is 0 Å². The van der Waals surface area contributed by atoms with Gasteiger partial charge in [-0.15, -0.1) is 0 Å². The molecular formula is C24H43N3O4. The van der Waals surface area contributed by atoms with E-state index in [-0.39, 0.29) is 35.8 Å². The molecule has 2 rings (SSSR count). The number of hydrogen-bond donors (Lipinski definition) is 0. The number of piperidine rings is 2. The van der Waals surface area contributed by atoms with E-state index >= 15 is 0 Å². The number of nitrogens with zero attached hydrogens (tertiary/aromatic N) is 3. The zero-order valence-corrected chi connectivity index (χ0v) is 20.5. The molecular weight excluding hydrogens is 394 g/mol. The fourth-order valence-electron chi connectivity index (χ4n) is 4.52. The molecule has 2 aliphatic heterocycles. The predicted molar refractivity (Wildman–Crippen MR) is 122 cm³/mol. The average molecular weight is 438 g/mol. The van der Waals surface area contributed by atoms with Gasteiger partial charge >= 0.3 is 6.09 Å². The lowest BCUT2D eigenvalue weighted by molar-refractivity contribution is -0.142. The molecule has 0 spiro atoms. The zero-order valence-electron chi connectivity index (χ0n) is 20.5. The van der Waals surface area contributed by atoms with Gasteiger partial charge in [-0.1, -0.05) is 6.92 Å². The number of hydrogen-bond acceptors (Lipinski definition) is 4. The molecule has 0 N–H and O–H groups in total. The largest absolute Gasteiger partial charge is 0.444 e. The van der Waals surface area contributed by atoms with Gasteiger partial charge < -0.3 is 19.4 Å². The zero-order chi connectivity index (χ0) is 23.2. The molecule has 1 atom stereocenters. The van der Waals surface area contributed by atoms with E-state index in [1.54, 1.807) is 4.90 Å². The summed E-state index contributed by atoms with van der Waals surface area (Å²) in [5, 5.41) is 0. The molecule has 7 nitrogen and oxygen atoms in total. The summed E-state index contributed by atoms with van der Waals surface area (Å²) in [5.41, 5.74) is -0.522. The van der Waals surface area contributed by atoms with Gasteiger partial charge in [0.2, 0.25) is 11.8 Å². The minimum atomic E-state index is -0.522. The van der Waals surface area contributed by atoms with E-state index in [4.69, 9.17) is 4.74 Å². The SMILES string of the molecule is CCCC(=O)N1CCC(C(=O)N2CCCC(CN(C(=O)OC(C)(C)C)C(C)C)C2)CC1. The maximum Gasteiger partial charge on any atom is 0.410 e. The lowest BCUT2D eigenvalue weighted by Crippen LogP contribution is -2.50. The van der Waals surface area contributed by atoms with Crippen LogP contribution in [0.4, 0.5) is 4.79 Å². The number of ether oxygens (including phenoxy) is 1. The number of rotatable bonds is 6. The first kappa shape index (κ1) is 25.5. The smallest absolute Gasteiger partial charge is 0.410 e. The number of amides is 3. The molecule has 2 fully saturated rings. The Bertz CT molecular complexity index is 621. The molecule has 0 aromatic rings. The second kappa shape index (κ2) is 11.2. The van der Waals surface area contributed by atoms with Crippen molar-refractivity contribution in [2.45, 2.75) is 91.7 Å². The summed E-state index contributed by atoms with van der Waals surface area (Å²) in [6.07, 6.45) is 4.66. The molecule has 31 heavy (non-hydrogen) atoms. The van der Waals surface area contributed by atoms with Crippen molar-refractivity contribution in [3.05, 3.63) is 0 Å². The van der Waals surface area contributed by atoms with Gasteiger partial charge in [0.1, 0.15) is 5.60 Å². The van der Waals surface area contributed by atoms with E-state index in [2.05, 4.69) is 0 Å². The van der Waals surface area contributed by atoms with Crippen LogP contribution in [0.25, 0.3) is 0 Å². The third kappa shape index (κ3) is 7.69.